The minimum Gasteiger partial charge on any atom is -0.445 e. The lowest BCUT2D eigenvalue weighted by Crippen LogP contribution is -2.52. The van der Waals surface area contributed by atoms with Crippen LogP contribution in [0.1, 0.15) is 24.0 Å². The molecule has 1 aromatic carbocycles. The molecule has 2 atom stereocenters. The van der Waals surface area contributed by atoms with E-state index in [9.17, 15) is 9.18 Å². The molecule has 2 heterocycles. The van der Waals surface area contributed by atoms with Crippen molar-refractivity contribution in [3.05, 3.63) is 40.9 Å². The maximum Gasteiger partial charge on any atom is 0.410 e. The summed E-state index contributed by atoms with van der Waals surface area (Å²) in [7, 11) is 0. The predicted molar refractivity (Wildman–Crippen MR) is 94.4 cm³/mol. The average molecular weight is 364 g/mol. The number of carbonyl (C=O) groups is 1. The van der Waals surface area contributed by atoms with Crippen LogP contribution >= 0.6 is 11.3 Å². The minimum absolute atomic E-state index is 0.184. The normalized spacial score (nSPS) is 20.3. The van der Waals surface area contributed by atoms with Crippen LogP contribution in [-0.2, 0) is 11.3 Å². The van der Waals surface area contributed by atoms with E-state index in [4.69, 9.17) is 4.74 Å². The number of nitrogens with zero attached hydrogens (tertiary/aromatic N) is 3. The Morgan fingerprint density at radius 1 is 1.44 bits per heavy atom. The van der Waals surface area contributed by atoms with Crippen LogP contribution in [0.25, 0.3) is 0 Å². The zero-order chi connectivity index (χ0) is 17.6. The first kappa shape index (κ1) is 17.6. The summed E-state index contributed by atoms with van der Waals surface area (Å²) >= 11 is 1.34. The first-order chi connectivity index (χ1) is 12.1. The van der Waals surface area contributed by atoms with Gasteiger partial charge in [0, 0.05) is 13.1 Å². The lowest BCUT2D eigenvalue weighted by molar-refractivity contribution is 0.0413. The van der Waals surface area contributed by atoms with E-state index in [2.05, 4.69) is 15.5 Å². The van der Waals surface area contributed by atoms with Crippen LogP contribution < -0.4 is 5.32 Å². The second kappa shape index (κ2) is 8.24. The first-order valence-corrected chi connectivity index (χ1v) is 9.14. The lowest BCUT2D eigenvalue weighted by Gasteiger charge is -2.37. The molecular weight excluding hydrogens is 343 g/mol. The van der Waals surface area contributed by atoms with Crippen LogP contribution in [0.15, 0.2) is 29.8 Å². The first-order valence-electron chi connectivity index (χ1n) is 8.26. The highest BCUT2D eigenvalue weighted by Gasteiger charge is 2.35. The molecule has 0 saturated carbocycles. The number of carbonyl (C=O) groups excluding carboxylic acids is 1. The third-order valence-electron chi connectivity index (χ3n) is 4.24. The van der Waals surface area contributed by atoms with E-state index in [1.807, 2.05) is 31.2 Å². The van der Waals surface area contributed by atoms with Crippen LogP contribution in [0.4, 0.5) is 14.3 Å². The molecule has 0 aliphatic carbocycles. The van der Waals surface area contributed by atoms with Crippen molar-refractivity contribution >= 4 is 22.6 Å². The zero-order valence-electron chi connectivity index (χ0n) is 14.0. The van der Waals surface area contributed by atoms with Crippen LogP contribution in [0.5, 0.6) is 0 Å². The average Bonchev–Trinajstić information content (AvgIpc) is 3.13. The highest BCUT2D eigenvalue weighted by Crippen LogP contribution is 2.23. The Bertz CT molecular complexity index is 680. The van der Waals surface area contributed by atoms with Crippen molar-refractivity contribution in [2.45, 2.75) is 38.6 Å². The Hall–Kier alpha value is -2.22. The number of amides is 1. The highest BCUT2D eigenvalue weighted by molar-refractivity contribution is 7.13. The van der Waals surface area contributed by atoms with E-state index in [0.29, 0.717) is 24.5 Å². The van der Waals surface area contributed by atoms with Crippen LogP contribution in [0.3, 0.4) is 0 Å². The van der Waals surface area contributed by atoms with Gasteiger partial charge in [-0.05, 0) is 25.3 Å². The standard InChI is InChI=1S/C17H21FN4O2S/c1-12-4-6-13(7-5-12)10-24-17(23)22-8-2-3-14(18)15(22)9-19-16-21-20-11-25-16/h4-7,11,14-15H,2-3,8-10H2,1H3,(H,19,21)/t14-,15+/m0/s1. The molecular formula is C17H21FN4O2S. The summed E-state index contributed by atoms with van der Waals surface area (Å²) in [5.74, 6) is 0. The summed E-state index contributed by atoms with van der Waals surface area (Å²) in [6.07, 6.45) is -0.478. The number of benzene rings is 1. The lowest BCUT2D eigenvalue weighted by atomic mass is 10.0. The molecule has 1 amide bonds. The number of aryl methyl sites for hydroxylation is 1. The van der Waals surface area contributed by atoms with Crippen molar-refractivity contribution in [3.63, 3.8) is 0 Å². The van der Waals surface area contributed by atoms with Crippen molar-refractivity contribution in [2.75, 3.05) is 18.4 Å². The van der Waals surface area contributed by atoms with Crippen molar-refractivity contribution in [3.8, 4) is 0 Å². The number of nitrogens with one attached hydrogen (secondary N) is 1. The summed E-state index contributed by atoms with van der Waals surface area (Å²) in [6, 6.07) is 7.21. The van der Waals surface area contributed by atoms with E-state index in [1.54, 1.807) is 5.51 Å². The number of aromatic nitrogens is 2. The summed E-state index contributed by atoms with van der Waals surface area (Å²) in [5.41, 5.74) is 3.66. The molecule has 6 nitrogen and oxygen atoms in total. The Balaban J connectivity index is 1.58. The molecule has 0 spiro atoms. The summed E-state index contributed by atoms with van der Waals surface area (Å²) in [4.78, 5) is 13.9. The van der Waals surface area contributed by atoms with E-state index in [-0.39, 0.29) is 13.2 Å². The molecule has 1 fully saturated rings. The molecule has 134 valence electrons. The van der Waals surface area contributed by atoms with Gasteiger partial charge in [-0.15, -0.1) is 10.2 Å². The van der Waals surface area contributed by atoms with Crippen molar-refractivity contribution in [1.29, 1.82) is 0 Å². The zero-order valence-corrected chi connectivity index (χ0v) is 14.8. The van der Waals surface area contributed by atoms with Crippen molar-refractivity contribution in [1.82, 2.24) is 15.1 Å². The number of rotatable bonds is 5. The molecule has 0 bridgehead atoms. The van der Waals surface area contributed by atoms with Gasteiger partial charge in [0.2, 0.25) is 5.13 Å². The monoisotopic (exact) mass is 364 g/mol. The Morgan fingerprint density at radius 3 is 2.96 bits per heavy atom. The van der Waals surface area contributed by atoms with Gasteiger partial charge >= 0.3 is 6.09 Å². The second-order valence-electron chi connectivity index (χ2n) is 6.08. The van der Waals surface area contributed by atoms with Gasteiger partial charge in [-0.2, -0.15) is 0 Å². The minimum atomic E-state index is -1.08. The third kappa shape index (κ3) is 4.66. The van der Waals surface area contributed by atoms with E-state index >= 15 is 0 Å². The molecule has 1 aromatic heterocycles. The molecule has 2 aromatic rings. The van der Waals surface area contributed by atoms with Gasteiger partial charge in [-0.25, -0.2) is 9.18 Å². The third-order valence-corrected chi connectivity index (χ3v) is 4.89. The Kier molecular flexibility index (Phi) is 5.80. The summed E-state index contributed by atoms with van der Waals surface area (Å²) < 4.78 is 19.8. The fourth-order valence-corrected chi connectivity index (χ4v) is 3.28. The SMILES string of the molecule is Cc1ccc(COC(=O)N2CCC[C@H](F)[C@H]2CNc2nncs2)cc1. The number of hydrogen-bond donors (Lipinski definition) is 1. The van der Waals surface area contributed by atoms with E-state index < -0.39 is 18.3 Å². The smallest absolute Gasteiger partial charge is 0.410 e. The number of ether oxygens (including phenoxy) is 1. The summed E-state index contributed by atoms with van der Waals surface area (Å²) in [5, 5.41) is 11.3. The maximum atomic E-state index is 14.4. The van der Waals surface area contributed by atoms with Gasteiger partial charge in [0.1, 0.15) is 18.3 Å². The number of likely N-dealkylation sites (tertiary alicyclic amines) is 1. The second-order valence-corrected chi connectivity index (χ2v) is 6.92. The Labute approximate surface area is 150 Å². The number of anilines is 1. The number of piperidine rings is 1. The van der Waals surface area contributed by atoms with Gasteiger partial charge < -0.3 is 15.0 Å². The van der Waals surface area contributed by atoms with Crippen molar-refractivity contribution < 1.29 is 13.9 Å². The summed E-state index contributed by atoms with van der Waals surface area (Å²) in [6.45, 7) is 2.97. The van der Waals surface area contributed by atoms with E-state index in [1.165, 1.54) is 16.2 Å². The highest BCUT2D eigenvalue weighted by atomic mass is 32.1. The van der Waals surface area contributed by atoms with Gasteiger partial charge in [0.15, 0.2) is 0 Å². The van der Waals surface area contributed by atoms with Crippen molar-refractivity contribution in [2.24, 2.45) is 0 Å². The van der Waals surface area contributed by atoms with Gasteiger partial charge in [-0.1, -0.05) is 41.2 Å². The predicted octanol–water partition coefficient (Wildman–Crippen LogP) is 3.40. The molecule has 1 N–H and O–H groups in total. The van der Waals surface area contributed by atoms with Crippen LogP contribution in [0, 0.1) is 6.92 Å². The van der Waals surface area contributed by atoms with E-state index in [0.717, 1.165) is 11.1 Å². The molecule has 1 aliphatic heterocycles. The fraction of sp³-hybridized carbons (Fsp3) is 0.471. The Morgan fingerprint density at radius 2 is 2.24 bits per heavy atom. The quantitative estimate of drug-likeness (QED) is 0.881. The van der Waals surface area contributed by atoms with Gasteiger partial charge in [-0.3, -0.25) is 0 Å². The molecule has 0 unspecified atom stereocenters. The molecule has 3 rings (SSSR count). The largest absolute Gasteiger partial charge is 0.445 e. The van der Waals surface area contributed by atoms with Gasteiger partial charge in [0.25, 0.3) is 0 Å². The molecule has 1 aliphatic rings. The number of alkyl halides is 1. The maximum absolute atomic E-state index is 14.4. The van der Waals surface area contributed by atoms with Crippen LogP contribution in [-0.4, -0.2) is 46.5 Å². The molecule has 0 radical (unpaired) electrons. The van der Waals surface area contributed by atoms with Gasteiger partial charge in [0.05, 0.1) is 6.04 Å². The topological polar surface area (TPSA) is 67.3 Å². The fourth-order valence-electron chi connectivity index (χ4n) is 2.83. The number of hydrogen-bond acceptors (Lipinski definition) is 6. The number of halogens is 1. The molecule has 25 heavy (non-hydrogen) atoms. The van der Waals surface area contributed by atoms with Crippen LogP contribution in [0.2, 0.25) is 0 Å². The molecule has 8 heteroatoms. The molecule has 1 saturated heterocycles.